The van der Waals surface area contributed by atoms with Gasteiger partial charge in [-0.05, 0) is 153 Å². The highest BCUT2D eigenvalue weighted by Crippen LogP contribution is 2.44. The van der Waals surface area contributed by atoms with Crippen molar-refractivity contribution in [1.82, 2.24) is 19.9 Å². The Labute approximate surface area is 582 Å². The van der Waals surface area contributed by atoms with Gasteiger partial charge < -0.3 is 0 Å². The standard InChI is InChI=1S/2C48H32N2/c1-3-11-33(12-4-1)35-18-22-38(23-19-35)44-32-47(40-26-20-36(21-27-40)34-13-5-2-6-14-34)50-48-42-16-8-7-15-41(42)43(31-45(44)48)37-24-28-39(29-25-37)46-17-9-10-30-49-46;1-3-10-33(11-4-1)35-17-23-39(24-18-35)45-31-47(40-27-21-36(22-28-40)34-12-5-2-6-13-34)50-48-43-16-8-7-15-42(43)44(30-46(45)48)38-25-19-37(20-26-38)41-14-9-29-49-32-41/h2*1-32H. The second-order valence-corrected chi connectivity index (χ2v) is 25.2. The highest BCUT2D eigenvalue weighted by atomic mass is 14.7. The number of pyridine rings is 4. The van der Waals surface area contributed by atoms with Gasteiger partial charge in [-0.25, -0.2) is 9.97 Å². The van der Waals surface area contributed by atoms with Crippen molar-refractivity contribution in [2.24, 2.45) is 0 Å². The van der Waals surface area contributed by atoms with Crippen LogP contribution in [-0.2, 0) is 0 Å². The maximum absolute atomic E-state index is 5.41. The van der Waals surface area contributed by atoms with Crippen LogP contribution in [-0.4, -0.2) is 19.9 Å². The van der Waals surface area contributed by atoms with Crippen LogP contribution in [0, 0.1) is 0 Å². The lowest BCUT2D eigenvalue weighted by molar-refractivity contribution is 1.33. The average molecular weight is 1270 g/mol. The van der Waals surface area contributed by atoms with Crippen LogP contribution in [0.15, 0.2) is 389 Å². The average Bonchev–Trinajstić information content (AvgIpc) is 0.746. The molecule has 4 heteroatoms. The van der Waals surface area contributed by atoms with E-state index >= 15 is 0 Å². The predicted octanol–water partition coefficient (Wildman–Crippen LogP) is 25.6. The molecule has 0 amide bonds. The van der Waals surface area contributed by atoms with Crippen LogP contribution in [0.2, 0.25) is 0 Å². The quantitative estimate of drug-likeness (QED) is 0.114. The van der Waals surface area contributed by atoms with Crippen LogP contribution >= 0.6 is 0 Å². The Balaban J connectivity index is 0.000000150. The molecule has 0 bridgehead atoms. The van der Waals surface area contributed by atoms with E-state index in [1.165, 1.54) is 72.0 Å². The van der Waals surface area contributed by atoms with E-state index in [2.05, 4.69) is 356 Å². The zero-order valence-corrected chi connectivity index (χ0v) is 54.7. The maximum Gasteiger partial charge on any atom is 0.0794 e. The predicted molar refractivity (Wildman–Crippen MR) is 419 cm³/mol. The third-order valence-electron chi connectivity index (χ3n) is 19.2. The van der Waals surface area contributed by atoms with E-state index in [-0.39, 0.29) is 0 Å². The minimum absolute atomic E-state index is 0.955. The lowest BCUT2D eigenvalue weighted by Gasteiger charge is -2.16. The molecule has 468 valence electrons. The summed E-state index contributed by atoms with van der Waals surface area (Å²) in [6, 6.07) is 132. The van der Waals surface area contributed by atoms with Crippen molar-refractivity contribution < 1.29 is 0 Å². The van der Waals surface area contributed by atoms with Gasteiger partial charge in [0.25, 0.3) is 0 Å². The SMILES string of the molecule is c1ccc(-c2ccc(-c3cc(-c4ccc(-c5ccccc5)cc4)c4cc(-c5ccc(-c6ccccn6)cc5)c5ccccc5c4n3)cc2)cc1.c1ccc(-c2ccc(-c3cc(-c4ccc(-c5ccccc5)cc4)c4cc(-c5ccc(-c6cccnc6)cc5)c5ccccc5c4n3)cc2)cc1. The first-order valence-corrected chi connectivity index (χ1v) is 34.0. The van der Waals surface area contributed by atoms with Gasteiger partial charge in [-0.1, -0.05) is 328 Å². The molecule has 0 saturated carbocycles. The highest BCUT2D eigenvalue weighted by Gasteiger charge is 2.20. The van der Waals surface area contributed by atoms with E-state index in [9.17, 15) is 0 Å². The summed E-state index contributed by atoms with van der Waals surface area (Å²) in [5.74, 6) is 0. The van der Waals surface area contributed by atoms with E-state index in [4.69, 9.17) is 9.97 Å². The van der Waals surface area contributed by atoms with Crippen molar-refractivity contribution in [2.75, 3.05) is 0 Å². The second-order valence-electron chi connectivity index (χ2n) is 25.2. The molecule has 0 radical (unpaired) electrons. The number of rotatable bonds is 12. The van der Waals surface area contributed by atoms with Crippen molar-refractivity contribution in [1.29, 1.82) is 0 Å². The van der Waals surface area contributed by atoms with Crippen LogP contribution in [0.1, 0.15) is 0 Å². The van der Waals surface area contributed by atoms with Gasteiger partial charge >= 0.3 is 0 Å². The molecular weight excluding hydrogens is 1210 g/mol. The van der Waals surface area contributed by atoms with Crippen molar-refractivity contribution in [3.8, 4) is 134 Å². The first kappa shape index (κ1) is 60.4. The van der Waals surface area contributed by atoms with Gasteiger partial charge in [-0.3, -0.25) is 9.97 Å². The Hall–Kier alpha value is -13.3. The third kappa shape index (κ3) is 12.2. The fourth-order valence-electron chi connectivity index (χ4n) is 14.0. The summed E-state index contributed by atoms with van der Waals surface area (Å²) < 4.78 is 0. The lowest BCUT2D eigenvalue weighted by Crippen LogP contribution is -1.94. The van der Waals surface area contributed by atoms with Crippen LogP contribution < -0.4 is 0 Å². The Morgan fingerprint density at radius 1 is 0.160 bits per heavy atom. The molecule has 0 N–H and O–H groups in total. The molecule has 0 unspecified atom stereocenters. The molecule has 0 spiro atoms. The van der Waals surface area contributed by atoms with E-state index in [1.54, 1.807) is 0 Å². The monoisotopic (exact) mass is 1270 g/mol. The molecule has 0 saturated heterocycles. The molecule has 0 atom stereocenters. The summed E-state index contributed by atoms with van der Waals surface area (Å²) >= 11 is 0. The van der Waals surface area contributed by atoms with Gasteiger partial charge in [0.1, 0.15) is 0 Å². The molecule has 14 aromatic carbocycles. The smallest absolute Gasteiger partial charge is 0.0794 e. The minimum atomic E-state index is 0.955. The van der Waals surface area contributed by atoms with Crippen LogP contribution in [0.3, 0.4) is 0 Å². The summed E-state index contributed by atoms with van der Waals surface area (Å²) in [4.78, 5) is 19.7. The van der Waals surface area contributed by atoms with Gasteiger partial charge in [0.05, 0.1) is 28.1 Å². The fourth-order valence-corrected chi connectivity index (χ4v) is 14.0. The molecule has 18 aromatic rings. The van der Waals surface area contributed by atoms with Gasteiger partial charge in [-0.15, -0.1) is 0 Å². The molecule has 4 heterocycles. The maximum atomic E-state index is 5.41. The number of hydrogen-bond donors (Lipinski definition) is 0. The van der Waals surface area contributed by atoms with E-state index in [0.717, 1.165) is 105 Å². The topological polar surface area (TPSA) is 51.6 Å². The summed E-state index contributed by atoms with van der Waals surface area (Å²) in [6.07, 6.45) is 5.56. The molecule has 100 heavy (non-hydrogen) atoms. The van der Waals surface area contributed by atoms with Crippen LogP contribution in [0.25, 0.3) is 177 Å². The fraction of sp³-hybridized carbons (Fsp3) is 0. The molecular formula is C96H64N4. The summed E-state index contributed by atoms with van der Waals surface area (Å²) in [5, 5.41) is 6.90. The van der Waals surface area contributed by atoms with E-state index in [1.807, 2.05) is 42.9 Å². The number of fused-ring (bicyclic) bond motifs is 6. The summed E-state index contributed by atoms with van der Waals surface area (Å²) in [5.41, 5.74) is 29.4. The molecule has 0 aliphatic rings. The Bertz CT molecular complexity index is 5520. The van der Waals surface area contributed by atoms with Crippen LogP contribution in [0.4, 0.5) is 0 Å². The van der Waals surface area contributed by atoms with Crippen molar-refractivity contribution in [3.05, 3.63) is 389 Å². The first-order valence-electron chi connectivity index (χ1n) is 34.0. The van der Waals surface area contributed by atoms with E-state index in [0.29, 0.717) is 0 Å². The molecule has 4 aromatic heterocycles. The van der Waals surface area contributed by atoms with Gasteiger partial charge in [-0.2, -0.15) is 0 Å². The Kier molecular flexibility index (Phi) is 16.4. The van der Waals surface area contributed by atoms with Gasteiger partial charge in [0, 0.05) is 56.8 Å². The zero-order valence-electron chi connectivity index (χ0n) is 54.7. The van der Waals surface area contributed by atoms with Crippen molar-refractivity contribution >= 4 is 43.4 Å². The molecule has 0 fully saturated rings. The van der Waals surface area contributed by atoms with Crippen molar-refractivity contribution in [3.63, 3.8) is 0 Å². The Morgan fingerprint density at radius 2 is 0.430 bits per heavy atom. The normalized spacial score (nSPS) is 11.2. The lowest BCUT2D eigenvalue weighted by atomic mass is 9.90. The summed E-state index contributed by atoms with van der Waals surface area (Å²) in [6.45, 7) is 0. The molecule has 0 aliphatic carbocycles. The molecule has 18 rings (SSSR count). The highest BCUT2D eigenvalue weighted by molar-refractivity contribution is 6.18. The number of aromatic nitrogens is 4. The number of hydrogen-bond acceptors (Lipinski definition) is 4. The van der Waals surface area contributed by atoms with Crippen molar-refractivity contribution in [2.45, 2.75) is 0 Å². The number of nitrogens with zero attached hydrogens (tertiary/aromatic N) is 4. The van der Waals surface area contributed by atoms with E-state index < -0.39 is 0 Å². The zero-order chi connectivity index (χ0) is 66.6. The van der Waals surface area contributed by atoms with Gasteiger partial charge in [0.15, 0.2) is 0 Å². The minimum Gasteiger partial charge on any atom is -0.264 e. The first-order chi connectivity index (χ1) is 49.6. The summed E-state index contributed by atoms with van der Waals surface area (Å²) in [7, 11) is 0. The number of benzene rings is 14. The van der Waals surface area contributed by atoms with Crippen LogP contribution in [0.5, 0.6) is 0 Å². The Morgan fingerprint density at radius 3 is 0.760 bits per heavy atom. The third-order valence-corrected chi connectivity index (χ3v) is 19.2. The largest absolute Gasteiger partial charge is 0.264 e. The molecule has 4 nitrogen and oxygen atoms in total. The van der Waals surface area contributed by atoms with Gasteiger partial charge in [0.2, 0.25) is 0 Å². The molecule has 0 aliphatic heterocycles. The second kappa shape index (κ2) is 27.1.